The van der Waals surface area contributed by atoms with Crippen LogP contribution >= 0.6 is 23.5 Å². The van der Waals surface area contributed by atoms with Crippen LogP contribution in [0.25, 0.3) is 0 Å². The molecule has 22 heavy (non-hydrogen) atoms. The van der Waals surface area contributed by atoms with Gasteiger partial charge >= 0.3 is 5.97 Å². The number of thioether (sulfide) groups is 2. The summed E-state index contributed by atoms with van der Waals surface area (Å²) >= 11 is 3.50. The van der Waals surface area contributed by atoms with E-state index in [-0.39, 0.29) is 17.7 Å². The zero-order valence-corrected chi connectivity index (χ0v) is 13.3. The molecule has 1 aromatic rings. The van der Waals surface area contributed by atoms with E-state index >= 15 is 0 Å². The number of carbonyl (C=O) groups excluding carboxylic acids is 3. The molecule has 0 atom stereocenters. The first kappa shape index (κ1) is 15.4. The van der Waals surface area contributed by atoms with Crippen LogP contribution in [-0.4, -0.2) is 57.6 Å². The molecule has 0 unspecified atom stereocenters. The van der Waals surface area contributed by atoms with Crippen molar-refractivity contribution in [2.24, 2.45) is 0 Å². The molecule has 0 saturated carbocycles. The Hall–Kier alpha value is -1.51. The van der Waals surface area contributed by atoms with Gasteiger partial charge in [0, 0.05) is 23.3 Å². The van der Waals surface area contributed by atoms with Gasteiger partial charge < -0.3 is 4.84 Å². The van der Waals surface area contributed by atoms with Crippen LogP contribution in [-0.2, 0) is 9.63 Å². The van der Waals surface area contributed by atoms with Crippen molar-refractivity contribution in [2.45, 2.75) is 0 Å². The summed E-state index contributed by atoms with van der Waals surface area (Å²) in [6.07, 6.45) is 0. The highest BCUT2D eigenvalue weighted by atomic mass is 32.2. The van der Waals surface area contributed by atoms with E-state index in [2.05, 4.69) is 0 Å². The molecule has 0 bridgehead atoms. The summed E-state index contributed by atoms with van der Waals surface area (Å²) in [7, 11) is 0. The topological polar surface area (TPSA) is 66.9 Å². The highest BCUT2D eigenvalue weighted by molar-refractivity contribution is 8.03. The van der Waals surface area contributed by atoms with E-state index in [9.17, 15) is 14.4 Å². The van der Waals surface area contributed by atoms with Gasteiger partial charge in [0.2, 0.25) is 0 Å². The average Bonchev–Trinajstić information content (AvgIpc) is 2.72. The minimum atomic E-state index is -0.599. The van der Waals surface area contributed by atoms with Crippen molar-refractivity contribution in [3.8, 4) is 0 Å². The summed E-state index contributed by atoms with van der Waals surface area (Å²) in [6.45, 7) is 0.0629. The number of hydroxylamine groups is 2. The predicted octanol–water partition coefficient (Wildman–Crippen LogP) is 1.44. The van der Waals surface area contributed by atoms with Crippen molar-refractivity contribution >= 4 is 41.3 Å². The van der Waals surface area contributed by atoms with Gasteiger partial charge in [-0.3, -0.25) is 14.5 Å². The second kappa shape index (κ2) is 6.72. The molecule has 3 rings (SSSR count). The number of benzene rings is 1. The Morgan fingerprint density at radius 1 is 1.05 bits per heavy atom. The third kappa shape index (κ3) is 3.13. The molecule has 2 heterocycles. The number of hydrogen-bond donors (Lipinski definition) is 0. The van der Waals surface area contributed by atoms with Crippen LogP contribution in [0.15, 0.2) is 24.3 Å². The van der Waals surface area contributed by atoms with E-state index in [4.69, 9.17) is 4.84 Å². The summed E-state index contributed by atoms with van der Waals surface area (Å²) in [5, 5.41) is 0.561. The maximum atomic E-state index is 12.1. The monoisotopic (exact) mass is 338 g/mol. The Morgan fingerprint density at radius 3 is 2.14 bits per heavy atom. The molecule has 1 aromatic carbocycles. The van der Waals surface area contributed by atoms with Crippen LogP contribution in [0.4, 0.5) is 0 Å². The fraction of sp³-hybridized carbons (Fsp3) is 0.357. The van der Waals surface area contributed by atoms with Crippen LogP contribution in [0, 0.1) is 0 Å². The van der Waals surface area contributed by atoms with Gasteiger partial charge in [-0.15, -0.1) is 23.5 Å². The van der Waals surface area contributed by atoms with Gasteiger partial charge in [0.15, 0.2) is 0 Å². The molecule has 0 aromatic heterocycles. The summed E-state index contributed by atoms with van der Waals surface area (Å²) < 4.78 is 0. The molecule has 8 heteroatoms. The first-order valence-corrected chi connectivity index (χ1v) is 9.04. The zero-order valence-electron chi connectivity index (χ0n) is 11.7. The van der Waals surface area contributed by atoms with Crippen molar-refractivity contribution < 1.29 is 19.2 Å². The van der Waals surface area contributed by atoms with Crippen molar-refractivity contribution in [2.75, 3.05) is 29.8 Å². The molecule has 1 fully saturated rings. The summed E-state index contributed by atoms with van der Waals surface area (Å²) in [5.74, 6) is 1.80. The lowest BCUT2D eigenvalue weighted by molar-refractivity contribution is -0.169. The quantitative estimate of drug-likeness (QED) is 0.773. The van der Waals surface area contributed by atoms with Crippen LogP contribution in [0.5, 0.6) is 0 Å². The largest absolute Gasteiger partial charge is 0.347 e. The van der Waals surface area contributed by atoms with Gasteiger partial charge in [-0.05, 0) is 12.1 Å². The summed E-state index contributed by atoms with van der Waals surface area (Å²) in [4.78, 5) is 43.1. The Balaban J connectivity index is 1.63. The lowest BCUT2D eigenvalue weighted by Crippen LogP contribution is -2.37. The molecule has 0 aliphatic carbocycles. The van der Waals surface area contributed by atoms with Crippen LogP contribution < -0.4 is 0 Å². The highest BCUT2D eigenvalue weighted by Gasteiger charge is 2.38. The first-order chi connectivity index (χ1) is 10.7. The molecule has 2 amide bonds. The van der Waals surface area contributed by atoms with E-state index in [1.165, 1.54) is 0 Å². The Kier molecular flexibility index (Phi) is 4.70. The maximum Gasteiger partial charge on any atom is 0.347 e. The second-order valence-corrected chi connectivity index (χ2v) is 6.97. The minimum Gasteiger partial charge on any atom is -0.328 e. The molecular formula is C14H14N2O4S2. The van der Waals surface area contributed by atoms with Crippen LogP contribution in [0.3, 0.4) is 0 Å². The van der Waals surface area contributed by atoms with Crippen molar-refractivity contribution in [1.82, 2.24) is 9.96 Å². The third-order valence-corrected chi connectivity index (χ3v) is 5.56. The lowest BCUT2D eigenvalue weighted by Gasteiger charge is -2.19. The maximum absolute atomic E-state index is 12.1. The average molecular weight is 338 g/mol. The van der Waals surface area contributed by atoms with Crippen molar-refractivity contribution in [1.29, 1.82) is 0 Å². The van der Waals surface area contributed by atoms with E-state index in [0.29, 0.717) is 5.06 Å². The van der Waals surface area contributed by atoms with E-state index in [0.717, 1.165) is 23.3 Å². The Bertz CT molecular complexity index is 580. The van der Waals surface area contributed by atoms with Gasteiger partial charge in [0.05, 0.1) is 11.1 Å². The normalized spacial score (nSPS) is 19.0. The predicted molar refractivity (Wildman–Crippen MR) is 84.4 cm³/mol. The number of rotatable bonds is 3. The number of imide groups is 1. The third-order valence-electron chi connectivity index (χ3n) is 3.22. The van der Waals surface area contributed by atoms with Gasteiger partial charge in [-0.1, -0.05) is 17.2 Å². The Morgan fingerprint density at radius 2 is 1.59 bits per heavy atom. The van der Waals surface area contributed by atoms with Gasteiger partial charge in [-0.25, -0.2) is 4.79 Å². The minimum absolute atomic E-state index is 0.0629. The molecule has 0 radical (unpaired) electrons. The fourth-order valence-corrected chi connectivity index (χ4v) is 4.40. The molecule has 1 saturated heterocycles. The zero-order chi connectivity index (χ0) is 15.5. The standard InChI is InChI=1S/C14H14N2O4S2/c17-12(7-15-8-21-5-6-22-9-15)20-16-13(18)10-3-1-2-4-11(10)14(16)19/h1-4H,5-9H2. The van der Waals surface area contributed by atoms with Gasteiger partial charge in [-0.2, -0.15) is 0 Å². The van der Waals surface area contributed by atoms with E-state index < -0.39 is 17.8 Å². The molecule has 6 nitrogen and oxygen atoms in total. The molecular weight excluding hydrogens is 324 g/mol. The first-order valence-electron chi connectivity index (χ1n) is 6.73. The number of carbonyl (C=O) groups is 3. The van der Waals surface area contributed by atoms with E-state index in [1.54, 1.807) is 47.8 Å². The van der Waals surface area contributed by atoms with Crippen LogP contribution in [0.1, 0.15) is 20.7 Å². The molecule has 116 valence electrons. The molecule has 2 aliphatic heterocycles. The summed E-state index contributed by atoms with van der Waals surface area (Å²) in [6, 6.07) is 6.43. The van der Waals surface area contributed by atoms with E-state index in [1.807, 2.05) is 4.90 Å². The SMILES string of the molecule is O=C(CN1CSCCSC1)ON1C(=O)c2ccccc2C1=O. The number of nitrogens with zero attached hydrogens (tertiary/aromatic N) is 2. The highest BCUT2D eigenvalue weighted by Crippen LogP contribution is 2.23. The Labute approximate surface area is 136 Å². The van der Waals surface area contributed by atoms with Crippen molar-refractivity contribution in [3.05, 3.63) is 35.4 Å². The van der Waals surface area contributed by atoms with Crippen LogP contribution in [0.2, 0.25) is 0 Å². The molecule has 0 N–H and O–H groups in total. The number of hydrogen-bond acceptors (Lipinski definition) is 7. The smallest absolute Gasteiger partial charge is 0.328 e. The number of amides is 2. The summed E-state index contributed by atoms with van der Waals surface area (Å²) in [5.41, 5.74) is 0.530. The molecule has 0 spiro atoms. The lowest BCUT2D eigenvalue weighted by atomic mass is 10.1. The van der Waals surface area contributed by atoms with Gasteiger partial charge in [0.1, 0.15) is 6.54 Å². The second-order valence-electron chi connectivity index (χ2n) is 4.82. The van der Waals surface area contributed by atoms with Gasteiger partial charge in [0.25, 0.3) is 11.8 Å². The number of fused-ring (bicyclic) bond motifs is 1. The van der Waals surface area contributed by atoms with Crippen molar-refractivity contribution in [3.63, 3.8) is 0 Å². The fourth-order valence-electron chi connectivity index (χ4n) is 2.20. The molecule has 2 aliphatic rings.